The number of hydrogen-bond donors (Lipinski definition) is 2. The molecule has 2 rings (SSSR count). The second kappa shape index (κ2) is 3.04. The molecular weight excluding hydrogens is 160 g/mol. The van der Waals surface area contributed by atoms with Gasteiger partial charge in [0.05, 0.1) is 0 Å². The molecule has 1 aromatic rings. The first-order valence-corrected chi connectivity index (χ1v) is 4.82. The molecule has 2 heteroatoms. The molecule has 3 N–H and O–H groups in total. The van der Waals surface area contributed by atoms with E-state index in [9.17, 15) is 0 Å². The van der Waals surface area contributed by atoms with E-state index >= 15 is 0 Å². The van der Waals surface area contributed by atoms with Gasteiger partial charge in [0.2, 0.25) is 0 Å². The van der Waals surface area contributed by atoms with Crippen molar-refractivity contribution in [2.45, 2.75) is 32.4 Å². The van der Waals surface area contributed by atoms with Gasteiger partial charge in [0.15, 0.2) is 0 Å². The third-order valence-electron chi connectivity index (χ3n) is 2.59. The summed E-state index contributed by atoms with van der Waals surface area (Å²) >= 11 is 0. The van der Waals surface area contributed by atoms with Gasteiger partial charge < -0.3 is 11.1 Å². The van der Waals surface area contributed by atoms with Gasteiger partial charge in [-0.3, -0.25) is 0 Å². The molecule has 0 saturated carbocycles. The summed E-state index contributed by atoms with van der Waals surface area (Å²) < 4.78 is 0. The maximum absolute atomic E-state index is 5.81. The van der Waals surface area contributed by atoms with Crippen LogP contribution in [0.15, 0.2) is 18.2 Å². The molecule has 1 aromatic carbocycles. The normalized spacial score (nSPS) is 22.2. The van der Waals surface area contributed by atoms with E-state index in [4.69, 9.17) is 5.73 Å². The van der Waals surface area contributed by atoms with E-state index in [-0.39, 0.29) is 6.04 Å². The highest BCUT2D eigenvalue weighted by Gasteiger charge is 2.16. The van der Waals surface area contributed by atoms with Gasteiger partial charge in [-0.2, -0.15) is 0 Å². The average molecular weight is 176 g/mol. The molecule has 13 heavy (non-hydrogen) atoms. The predicted octanol–water partition coefficient (Wildman–Crippen LogP) is 2.06. The first-order valence-electron chi connectivity index (χ1n) is 4.82. The molecule has 0 saturated heterocycles. The van der Waals surface area contributed by atoms with Gasteiger partial charge in [0.1, 0.15) is 0 Å². The maximum atomic E-state index is 5.81. The summed E-state index contributed by atoms with van der Waals surface area (Å²) in [7, 11) is 0. The lowest BCUT2D eigenvalue weighted by atomic mass is 10.0. The number of fused-ring (bicyclic) bond motifs is 1. The Kier molecular flexibility index (Phi) is 2.00. The second-order valence-corrected chi connectivity index (χ2v) is 3.95. The lowest BCUT2D eigenvalue weighted by molar-refractivity contribution is 0.818. The minimum absolute atomic E-state index is 0.128. The first-order chi connectivity index (χ1) is 6.16. The van der Waals surface area contributed by atoms with Crippen molar-refractivity contribution in [3.05, 3.63) is 29.3 Å². The topological polar surface area (TPSA) is 38.0 Å². The summed E-state index contributed by atoms with van der Waals surface area (Å²) in [4.78, 5) is 0. The zero-order valence-electron chi connectivity index (χ0n) is 8.17. The number of hydrogen-bond acceptors (Lipinski definition) is 2. The van der Waals surface area contributed by atoms with Gasteiger partial charge in [-0.25, -0.2) is 0 Å². The average Bonchev–Trinajstić information content (AvgIpc) is 2.42. The number of nitrogens with two attached hydrogens (primary N) is 1. The molecule has 2 unspecified atom stereocenters. The molecule has 70 valence electrons. The molecule has 0 spiro atoms. The van der Waals surface area contributed by atoms with Gasteiger partial charge in [0, 0.05) is 17.8 Å². The van der Waals surface area contributed by atoms with Crippen LogP contribution in [0.3, 0.4) is 0 Å². The molecule has 0 aliphatic carbocycles. The third kappa shape index (κ3) is 1.54. The summed E-state index contributed by atoms with van der Waals surface area (Å²) in [5.41, 5.74) is 9.70. The minimum Gasteiger partial charge on any atom is -0.382 e. The molecule has 1 aliphatic rings. The van der Waals surface area contributed by atoms with Crippen LogP contribution in [0.1, 0.15) is 31.0 Å². The van der Waals surface area contributed by atoms with Gasteiger partial charge in [-0.1, -0.05) is 12.1 Å². The predicted molar refractivity (Wildman–Crippen MR) is 55.8 cm³/mol. The van der Waals surface area contributed by atoms with Crippen molar-refractivity contribution >= 4 is 5.69 Å². The number of benzene rings is 1. The lowest BCUT2D eigenvalue weighted by Gasteiger charge is -2.08. The third-order valence-corrected chi connectivity index (χ3v) is 2.59. The zero-order chi connectivity index (χ0) is 9.42. The minimum atomic E-state index is 0.128. The monoisotopic (exact) mass is 176 g/mol. The van der Waals surface area contributed by atoms with Crippen molar-refractivity contribution in [2.75, 3.05) is 5.32 Å². The van der Waals surface area contributed by atoms with Crippen molar-refractivity contribution in [1.82, 2.24) is 0 Å². The zero-order valence-corrected chi connectivity index (χ0v) is 8.17. The van der Waals surface area contributed by atoms with E-state index in [2.05, 4.69) is 30.4 Å². The Morgan fingerprint density at radius 3 is 3.00 bits per heavy atom. The summed E-state index contributed by atoms with van der Waals surface area (Å²) in [5.74, 6) is 0. The number of rotatable bonds is 1. The van der Waals surface area contributed by atoms with Gasteiger partial charge in [0.25, 0.3) is 0 Å². The van der Waals surface area contributed by atoms with Gasteiger partial charge in [-0.15, -0.1) is 0 Å². The highest BCUT2D eigenvalue weighted by Crippen LogP contribution is 2.28. The van der Waals surface area contributed by atoms with Crippen LogP contribution < -0.4 is 11.1 Å². The summed E-state index contributed by atoms with van der Waals surface area (Å²) in [6.45, 7) is 4.21. The quantitative estimate of drug-likeness (QED) is 0.687. The van der Waals surface area contributed by atoms with Crippen LogP contribution in [0, 0.1) is 0 Å². The molecule has 0 radical (unpaired) electrons. The van der Waals surface area contributed by atoms with Crippen LogP contribution in [0.25, 0.3) is 0 Å². The van der Waals surface area contributed by atoms with E-state index < -0.39 is 0 Å². The van der Waals surface area contributed by atoms with E-state index in [1.165, 1.54) is 16.8 Å². The highest BCUT2D eigenvalue weighted by atomic mass is 14.9. The number of anilines is 1. The standard InChI is InChI=1S/C11H16N2/c1-7-5-10-4-3-9(8(2)12)6-11(10)13-7/h3-4,6-8,13H,5,12H2,1-2H3. The fraction of sp³-hybridized carbons (Fsp3) is 0.455. The fourth-order valence-electron chi connectivity index (χ4n) is 1.84. The van der Waals surface area contributed by atoms with E-state index in [1.807, 2.05) is 6.92 Å². The van der Waals surface area contributed by atoms with Crippen LogP contribution >= 0.6 is 0 Å². The van der Waals surface area contributed by atoms with Crippen molar-refractivity contribution in [1.29, 1.82) is 0 Å². The van der Waals surface area contributed by atoms with Crippen molar-refractivity contribution < 1.29 is 0 Å². The molecule has 0 bridgehead atoms. The van der Waals surface area contributed by atoms with Crippen LogP contribution in [0.5, 0.6) is 0 Å². The Bertz CT molecular complexity index is 318. The molecule has 0 aromatic heterocycles. The largest absolute Gasteiger partial charge is 0.382 e. The van der Waals surface area contributed by atoms with Crippen LogP contribution in [-0.2, 0) is 6.42 Å². The molecule has 2 atom stereocenters. The summed E-state index contributed by atoms with van der Waals surface area (Å²) in [5, 5.41) is 3.44. The Labute approximate surface area is 79.1 Å². The lowest BCUT2D eigenvalue weighted by Crippen LogP contribution is -2.09. The first kappa shape index (κ1) is 8.57. The van der Waals surface area contributed by atoms with Crippen molar-refractivity contribution in [3.8, 4) is 0 Å². The smallest absolute Gasteiger partial charge is 0.0379 e. The Hall–Kier alpha value is -1.02. The van der Waals surface area contributed by atoms with Crippen LogP contribution in [0.4, 0.5) is 5.69 Å². The SMILES string of the molecule is CC1Cc2ccc(C(C)N)cc2N1. The molecule has 1 aliphatic heterocycles. The van der Waals surface area contributed by atoms with Gasteiger partial charge >= 0.3 is 0 Å². The fourth-order valence-corrected chi connectivity index (χ4v) is 1.84. The maximum Gasteiger partial charge on any atom is 0.0379 e. The van der Waals surface area contributed by atoms with E-state index in [0.29, 0.717) is 6.04 Å². The number of nitrogens with one attached hydrogen (secondary N) is 1. The molecule has 1 heterocycles. The highest BCUT2D eigenvalue weighted by molar-refractivity contribution is 5.58. The molecule has 2 nitrogen and oxygen atoms in total. The van der Waals surface area contributed by atoms with Crippen LogP contribution in [-0.4, -0.2) is 6.04 Å². The molecular formula is C11H16N2. The van der Waals surface area contributed by atoms with Gasteiger partial charge in [-0.05, 0) is 37.5 Å². The van der Waals surface area contributed by atoms with E-state index in [0.717, 1.165) is 6.42 Å². The second-order valence-electron chi connectivity index (χ2n) is 3.95. The summed E-state index contributed by atoms with van der Waals surface area (Å²) in [6.07, 6.45) is 1.13. The van der Waals surface area contributed by atoms with Crippen molar-refractivity contribution in [3.63, 3.8) is 0 Å². The van der Waals surface area contributed by atoms with E-state index in [1.54, 1.807) is 0 Å². The Morgan fingerprint density at radius 2 is 2.31 bits per heavy atom. The molecule has 0 amide bonds. The van der Waals surface area contributed by atoms with Crippen molar-refractivity contribution in [2.24, 2.45) is 5.73 Å². The summed E-state index contributed by atoms with van der Waals surface area (Å²) in [6, 6.07) is 7.18. The Balaban J connectivity index is 2.35. The molecule has 0 fully saturated rings. The van der Waals surface area contributed by atoms with Crippen LogP contribution in [0.2, 0.25) is 0 Å². The Morgan fingerprint density at radius 1 is 1.54 bits per heavy atom.